The Hall–Kier alpha value is -7.88. The van der Waals surface area contributed by atoms with Crippen LogP contribution in [0.1, 0.15) is 25.0 Å². The molecule has 0 aliphatic heterocycles. The Bertz CT molecular complexity index is 3540. The summed E-state index contributed by atoms with van der Waals surface area (Å²) in [6.45, 7) is 4.74. The van der Waals surface area contributed by atoms with Crippen molar-refractivity contribution in [3.8, 4) is 78.4 Å². The second kappa shape index (κ2) is 14.1. The van der Waals surface area contributed by atoms with E-state index in [-0.39, 0.29) is 5.41 Å². The van der Waals surface area contributed by atoms with Crippen LogP contribution in [-0.2, 0) is 5.41 Å². The molecule has 0 spiro atoms. The van der Waals surface area contributed by atoms with E-state index in [2.05, 4.69) is 202 Å². The van der Waals surface area contributed by atoms with Crippen molar-refractivity contribution in [2.24, 2.45) is 0 Å². The standard InChI is InChI=1S/C59H40N2O/c1-59(2)52-35-40(29-30-47(52)50-31-28-38-18-9-10-22-45(38)56(50)59)44-21-11-12-23-48(44)54-36-53(60-58(61-54)39-19-7-4-8-20-39)43-33-41(37-16-5-3-6-17-37)32-42(34-43)46-25-15-26-51-49-24-13-14-27-55(49)62-57(46)51/h3-36H,1-2H3. The van der Waals surface area contributed by atoms with Gasteiger partial charge in [-0.1, -0.05) is 184 Å². The van der Waals surface area contributed by atoms with Crippen molar-refractivity contribution in [2.45, 2.75) is 19.3 Å². The minimum Gasteiger partial charge on any atom is -0.455 e. The number of fused-ring (bicyclic) bond motifs is 8. The number of benzene rings is 9. The first kappa shape index (κ1) is 36.0. The molecule has 0 amide bonds. The van der Waals surface area contributed by atoms with Gasteiger partial charge in [-0.15, -0.1) is 0 Å². The van der Waals surface area contributed by atoms with Gasteiger partial charge in [-0.3, -0.25) is 0 Å². The topological polar surface area (TPSA) is 38.9 Å². The Morgan fingerprint density at radius 1 is 0.371 bits per heavy atom. The summed E-state index contributed by atoms with van der Waals surface area (Å²) in [7, 11) is 0. The van der Waals surface area contributed by atoms with Crippen LogP contribution < -0.4 is 0 Å². The van der Waals surface area contributed by atoms with Gasteiger partial charge < -0.3 is 4.42 Å². The molecule has 0 N–H and O–H groups in total. The normalized spacial score (nSPS) is 12.8. The summed E-state index contributed by atoms with van der Waals surface area (Å²) in [4.78, 5) is 10.7. The minimum absolute atomic E-state index is 0.173. The molecule has 9 aromatic carbocycles. The average Bonchev–Trinajstić information content (AvgIpc) is 3.83. The van der Waals surface area contributed by atoms with Crippen molar-refractivity contribution in [3.05, 3.63) is 217 Å². The molecule has 0 unspecified atom stereocenters. The van der Waals surface area contributed by atoms with Crippen LogP contribution in [0.25, 0.3) is 111 Å². The molecule has 1 aliphatic rings. The Morgan fingerprint density at radius 3 is 1.84 bits per heavy atom. The lowest BCUT2D eigenvalue weighted by atomic mass is 9.79. The molecule has 11 aromatic rings. The summed E-state index contributed by atoms with van der Waals surface area (Å²) in [5.41, 5.74) is 18.3. The van der Waals surface area contributed by atoms with Crippen LogP contribution in [0, 0.1) is 0 Å². The summed E-state index contributed by atoms with van der Waals surface area (Å²) in [5.74, 6) is 0.677. The molecular formula is C59H40N2O. The number of hydrogen-bond acceptors (Lipinski definition) is 3. The fraction of sp³-hybridized carbons (Fsp3) is 0.0508. The molecule has 0 saturated carbocycles. The van der Waals surface area contributed by atoms with Crippen LogP contribution in [-0.4, -0.2) is 9.97 Å². The molecular weight excluding hydrogens is 753 g/mol. The quantitative estimate of drug-likeness (QED) is 0.168. The molecule has 0 radical (unpaired) electrons. The highest BCUT2D eigenvalue weighted by molar-refractivity contribution is 6.10. The second-order valence-corrected chi connectivity index (χ2v) is 16.9. The molecule has 2 aromatic heterocycles. The van der Waals surface area contributed by atoms with Gasteiger partial charge in [-0.05, 0) is 97.2 Å². The van der Waals surface area contributed by atoms with Gasteiger partial charge in [0.1, 0.15) is 11.2 Å². The Kier molecular flexibility index (Phi) is 8.20. The van der Waals surface area contributed by atoms with Crippen LogP contribution in [0.3, 0.4) is 0 Å². The first-order valence-corrected chi connectivity index (χ1v) is 21.3. The number of furan rings is 1. The number of nitrogens with zero attached hydrogens (tertiary/aromatic N) is 2. The third kappa shape index (κ3) is 5.81. The SMILES string of the molecule is CC1(C)c2cc(-c3ccccc3-c3cc(-c4cc(-c5ccccc5)cc(-c5cccc6c5oc5ccccc56)c4)nc(-c4ccccc4)n3)ccc2-c2ccc3ccccc3c21. The summed E-state index contributed by atoms with van der Waals surface area (Å²) < 4.78 is 6.59. The van der Waals surface area contributed by atoms with Crippen LogP contribution >= 0.6 is 0 Å². The molecule has 0 atom stereocenters. The predicted octanol–water partition coefficient (Wildman–Crippen LogP) is 15.8. The van der Waals surface area contributed by atoms with Gasteiger partial charge in [0.05, 0.1) is 11.4 Å². The highest BCUT2D eigenvalue weighted by atomic mass is 16.3. The van der Waals surface area contributed by atoms with Crippen molar-refractivity contribution in [2.75, 3.05) is 0 Å². The van der Waals surface area contributed by atoms with Crippen LogP contribution in [0.5, 0.6) is 0 Å². The van der Waals surface area contributed by atoms with E-state index in [1.165, 1.54) is 38.6 Å². The molecule has 0 saturated heterocycles. The smallest absolute Gasteiger partial charge is 0.160 e. The van der Waals surface area contributed by atoms with E-state index in [1.54, 1.807) is 0 Å². The molecule has 3 heteroatoms. The molecule has 1 aliphatic carbocycles. The van der Waals surface area contributed by atoms with E-state index >= 15 is 0 Å². The third-order valence-electron chi connectivity index (χ3n) is 12.9. The first-order valence-electron chi connectivity index (χ1n) is 21.3. The molecule has 12 rings (SSSR count). The average molecular weight is 793 g/mol. The van der Waals surface area contributed by atoms with Crippen LogP contribution in [0.4, 0.5) is 0 Å². The Labute approximate surface area is 360 Å². The molecule has 292 valence electrons. The highest BCUT2D eigenvalue weighted by Crippen LogP contribution is 2.52. The lowest BCUT2D eigenvalue weighted by Crippen LogP contribution is -2.15. The Balaban J connectivity index is 1.05. The van der Waals surface area contributed by atoms with Crippen molar-refractivity contribution < 1.29 is 4.42 Å². The summed E-state index contributed by atoms with van der Waals surface area (Å²) in [6, 6.07) is 73.6. The molecule has 0 bridgehead atoms. The molecule has 0 fully saturated rings. The highest BCUT2D eigenvalue weighted by Gasteiger charge is 2.37. The van der Waals surface area contributed by atoms with Gasteiger partial charge in [0.2, 0.25) is 0 Å². The lowest BCUT2D eigenvalue weighted by molar-refractivity contribution is 0.666. The minimum atomic E-state index is -0.173. The van der Waals surface area contributed by atoms with E-state index in [0.717, 1.165) is 77.8 Å². The van der Waals surface area contributed by atoms with Crippen LogP contribution in [0.15, 0.2) is 211 Å². The van der Waals surface area contributed by atoms with Crippen molar-refractivity contribution in [1.82, 2.24) is 9.97 Å². The summed E-state index contributed by atoms with van der Waals surface area (Å²) in [6.07, 6.45) is 0. The zero-order valence-electron chi connectivity index (χ0n) is 34.4. The predicted molar refractivity (Wildman–Crippen MR) is 257 cm³/mol. The van der Waals surface area contributed by atoms with E-state index in [1.807, 2.05) is 18.2 Å². The summed E-state index contributed by atoms with van der Waals surface area (Å²) >= 11 is 0. The van der Waals surface area contributed by atoms with Gasteiger partial charge in [0, 0.05) is 38.4 Å². The van der Waals surface area contributed by atoms with Gasteiger partial charge in [0.25, 0.3) is 0 Å². The van der Waals surface area contributed by atoms with E-state index in [0.29, 0.717) is 5.82 Å². The van der Waals surface area contributed by atoms with Crippen molar-refractivity contribution in [1.29, 1.82) is 0 Å². The first-order chi connectivity index (χ1) is 30.5. The number of rotatable bonds is 6. The van der Waals surface area contributed by atoms with Gasteiger partial charge >= 0.3 is 0 Å². The van der Waals surface area contributed by atoms with Gasteiger partial charge in [-0.2, -0.15) is 0 Å². The molecule has 2 heterocycles. The number of aromatic nitrogens is 2. The Morgan fingerprint density at radius 2 is 1.00 bits per heavy atom. The fourth-order valence-electron chi connectivity index (χ4n) is 9.88. The fourth-order valence-corrected chi connectivity index (χ4v) is 9.88. The second-order valence-electron chi connectivity index (χ2n) is 16.9. The van der Waals surface area contributed by atoms with Gasteiger partial charge in [-0.25, -0.2) is 9.97 Å². The summed E-state index contributed by atoms with van der Waals surface area (Å²) in [5, 5.41) is 4.81. The van der Waals surface area contributed by atoms with Crippen LogP contribution in [0.2, 0.25) is 0 Å². The third-order valence-corrected chi connectivity index (χ3v) is 12.9. The molecule has 3 nitrogen and oxygen atoms in total. The lowest BCUT2D eigenvalue weighted by Gasteiger charge is -2.24. The molecule has 62 heavy (non-hydrogen) atoms. The number of hydrogen-bond donors (Lipinski definition) is 0. The van der Waals surface area contributed by atoms with Crippen molar-refractivity contribution in [3.63, 3.8) is 0 Å². The largest absolute Gasteiger partial charge is 0.455 e. The van der Waals surface area contributed by atoms with E-state index < -0.39 is 0 Å². The van der Waals surface area contributed by atoms with Gasteiger partial charge in [0.15, 0.2) is 5.82 Å². The zero-order valence-corrected chi connectivity index (χ0v) is 34.4. The maximum atomic E-state index is 6.59. The van der Waals surface area contributed by atoms with Crippen molar-refractivity contribution >= 4 is 32.7 Å². The monoisotopic (exact) mass is 792 g/mol. The van der Waals surface area contributed by atoms with E-state index in [4.69, 9.17) is 14.4 Å². The maximum Gasteiger partial charge on any atom is 0.160 e. The number of para-hydroxylation sites is 2. The zero-order chi connectivity index (χ0) is 41.4. The maximum absolute atomic E-state index is 6.59. The van der Waals surface area contributed by atoms with E-state index in [9.17, 15) is 0 Å².